The maximum atomic E-state index is 11.2. The van der Waals surface area contributed by atoms with Crippen LogP contribution in [0.5, 0.6) is 0 Å². The largest absolute Gasteiger partial charge is 0.478 e. The SMILES string of the molecule is CN(CCS(C)(=O)=O)c1nc2sccn2c1C=CC(=O)O. The van der Waals surface area contributed by atoms with Crippen molar-refractivity contribution in [3.8, 4) is 0 Å². The van der Waals surface area contributed by atoms with Crippen LogP contribution >= 0.6 is 11.3 Å². The fourth-order valence-corrected chi connectivity index (χ4v) is 3.11. The van der Waals surface area contributed by atoms with Gasteiger partial charge in [-0.3, -0.25) is 4.40 Å². The number of aliphatic carboxylic acids is 1. The molecule has 0 unspecified atom stereocenters. The molecule has 0 saturated carbocycles. The number of carbonyl (C=O) groups is 1. The summed E-state index contributed by atoms with van der Waals surface area (Å²) in [7, 11) is -1.34. The highest BCUT2D eigenvalue weighted by Gasteiger charge is 2.16. The molecule has 1 N–H and O–H groups in total. The standard InChI is InChI=1S/C12H15N3O4S2/c1-14(6-8-21(2,18)19)11-9(3-4-10(16)17)15-5-7-20-12(15)13-11/h3-5,7H,6,8H2,1-2H3,(H,16,17). The topological polar surface area (TPSA) is 92.0 Å². The van der Waals surface area contributed by atoms with Gasteiger partial charge in [0.05, 0.1) is 11.4 Å². The Morgan fingerprint density at radius 2 is 2.29 bits per heavy atom. The number of aromatic nitrogens is 2. The normalized spacial score (nSPS) is 12.3. The minimum atomic E-state index is -3.07. The van der Waals surface area contributed by atoms with Crippen LogP contribution < -0.4 is 4.90 Å². The van der Waals surface area contributed by atoms with E-state index in [0.29, 0.717) is 11.5 Å². The number of fused-ring (bicyclic) bond motifs is 1. The van der Waals surface area contributed by atoms with Gasteiger partial charge in [0.2, 0.25) is 0 Å². The first-order valence-corrected chi connectivity index (χ1v) is 8.97. The Morgan fingerprint density at radius 1 is 1.57 bits per heavy atom. The molecule has 114 valence electrons. The van der Waals surface area contributed by atoms with Crippen molar-refractivity contribution in [2.45, 2.75) is 0 Å². The van der Waals surface area contributed by atoms with Gasteiger partial charge in [0, 0.05) is 37.5 Å². The van der Waals surface area contributed by atoms with Crippen LogP contribution in [0.25, 0.3) is 11.0 Å². The number of sulfone groups is 1. The molecule has 2 heterocycles. The first-order chi connectivity index (χ1) is 9.78. The molecule has 0 aromatic carbocycles. The van der Waals surface area contributed by atoms with E-state index in [0.717, 1.165) is 11.0 Å². The summed E-state index contributed by atoms with van der Waals surface area (Å²) in [5.41, 5.74) is 0.615. The molecule has 0 saturated heterocycles. The third kappa shape index (κ3) is 3.82. The fourth-order valence-electron chi connectivity index (χ4n) is 1.79. The minimum Gasteiger partial charge on any atom is -0.478 e. The van der Waals surface area contributed by atoms with E-state index in [1.807, 2.05) is 5.38 Å². The highest BCUT2D eigenvalue weighted by molar-refractivity contribution is 7.90. The number of hydrogen-bond donors (Lipinski definition) is 1. The van der Waals surface area contributed by atoms with Crippen LogP contribution in [-0.2, 0) is 14.6 Å². The Morgan fingerprint density at radius 3 is 2.90 bits per heavy atom. The van der Waals surface area contributed by atoms with Gasteiger partial charge < -0.3 is 10.0 Å². The van der Waals surface area contributed by atoms with Crippen molar-refractivity contribution in [1.82, 2.24) is 9.38 Å². The van der Waals surface area contributed by atoms with Gasteiger partial charge in [-0.2, -0.15) is 0 Å². The van der Waals surface area contributed by atoms with Gasteiger partial charge in [-0.1, -0.05) is 0 Å². The molecule has 0 amide bonds. The lowest BCUT2D eigenvalue weighted by molar-refractivity contribution is -0.131. The van der Waals surface area contributed by atoms with Crippen molar-refractivity contribution >= 4 is 44.0 Å². The van der Waals surface area contributed by atoms with E-state index >= 15 is 0 Å². The second-order valence-corrected chi connectivity index (χ2v) is 7.73. The summed E-state index contributed by atoms with van der Waals surface area (Å²) in [6.45, 7) is 0.289. The molecular weight excluding hydrogens is 314 g/mol. The lowest BCUT2D eigenvalue weighted by Crippen LogP contribution is -2.25. The average molecular weight is 329 g/mol. The summed E-state index contributed by atoms with van der Waals surface area (Å²) in [5.74, 6) is -0.482. The van der Waals surface area contributed by atoms with Crippen LogP contribution in [0.15, 0.2) is 17.7 Å². The fraction of sp³-hybridized carbons (Fsp3) is 0.333. The molecule has 0 fully saturated rings. The first kappa shape index (κ1) is 15.5. The van der Waals surface area contributed by atoms with Gasteiger partial charge in [0.1, 0.15) is 9.84 Å². The predicted octanol–water partition coefficient (Wildman–Crippen LogP) is 0.974. The Balaban J connectivity index is 2.35. The number of thiazole rings is 1. The summed E-state index contributed by atoms with van der Waals surface area (Å²) < 4.78 is 24.3. The number of imidazole rings is 1. The maximum absolute atomic E-state index is 11.2. The molecule has 0 aliphatic carbocycles. The molecule has 0 aliphatic rings. The lowest BCUT2D eigenvalue weighted by Gasteiger charge is -2.16. The molecule has 0 atom stereocenters. The van der Waals surface area contributed by atoms with E-state index in [4.69, 9.17) is 5.11 Å². The van der Waals surface area contributed by atoms with E-state index in [1.165, 1.54) is 23.7 Å². The monoisotopic (exact) mass is 329 g/mol. The highest BCUT2D eigenvalue weighted by Crippen LogP contribution is 2.25. The highest BCUT2D eigenvalue weighted by atomic mass is 32.2. The number of hydrogen-bond acceptors (Lipinski definition) is 6. The minimum absolute atomic E-state index is 0.0107. The molecule has 2 rings (SSSR count). The zero-order chi connectivity index (χ0) is 15.6. The second-order valence-electron chi connectivity index (χ2n) is 4.60. The Kier molecular flexibility index (Phi) is 4.33. The summed E-state index contributed by atoms with van der Waals surface area (Å²) in [4.78, 5) is 17.6. The quantitative estimate of drug-likeness (QED) is 0.794. The van der Waals surface area contributed by atoms with Gasteiger partial charge in [-0.05, 0) is 6.08 Å². The van der Waals surface area contributed by atoms with Gasteiger partial charge in [0.25, 0.3) is 0 Å². The number of carboxylic acid groups (broad SMARTS) is 1. The maximum Gasteiger partial charge on any atom is 0.328 e. The van der Waals surface area contributed by atoms with Gasteiger partial charge in [-0.15, -0.1) is 11.3 Å². The summed E-state index contributed by atoms with van der Waals surface area (Å²) in [5, 5.41) is 10.6. The van der Waals surface area contributed by atoms with Crippen molar-refractivity contribution in [2.24, 2.45) is 0 Å². The number of anilines is 1. The molecule has 2 aromatic heterocycles. The van der Waals surface area contributed by atoms with Crippen molar-refractivity contribution in [1.29, 1.82) is 0 Å². The van der Waals surface area contributed by atoms with Crippen LogP contribution in [0.3, 0.4) is 0 Å². The van der Waals surface area contributed by atoms with E-state index < -0.39 is 15.8 Å². The summed E-state index contributed by atoms with van der Waals surface area (Å²) in [6, 6.07) is 0. The van der Waals surface area contributed by atoms with Crippen LogP contribution in [-0.4, -0.2) is 54.5 Å². The summed E-state index contributed by atoms with van der Waals surface area (Å²) in [6.07, 6.45) is 5.47. The van der Waals surface area contributed by atoms with Gasteiger partial charge in [0.15, 0.2) is 10.8 Å². The van der Waals surface area contributed by atoms with Gasteiger partial charge >= 0.3 is 5.97 Å². The Hall–Kier alpha value is -1.87. The van der Waals surface area contributed by atoms with Crippen LogP contribution in [0.4, 0.5) is 5.82 Å². The van der Waals surface area contributed by atoms with Crippen molar-refractivity contribution in [3.05, 3.63) is 23.3 Å². The third-order valence-electron chi connectivity index (χ3n) is 2.82. The van der Waals surface area contributed by atoms with Crippen molar-refractivity contribution in [2.75, 3.05) is 30.5 Å². The Bertz CT molecular complexity index is 789. The molecule has 0 spiro atoms. The number of carboxylic acids is 1. The molecule has 21 heavy (non-hydrogen) atoms. The van der Waals surface area contributed by atoms with Crippen LogP contribution in [0.2, 0.25) is 0 Å². The Labute approximate surface area is 126 Å². The van der Waals surface area contributed by atoms with E-state index in [9.17, 15) is 13.2 Å². The molecule has 2 aromatic rings. The molecule has 0 aliphatic heterocycles. The smallest absolute Gasteiger partial charge is 0.328 e. The first-order valence-electron chi connectivity index (χ1n) is 6.03. The summed E-state index contributed by atoms with van der Waals surface area (Å²) >= 11 is 1.42. The number of nitrogens with zero attached hydrogens (tertiary/aromatic N) is 3. The van der Waals surface area contributed by atoms with E-state index in [2.05, 4.69) is 4.98 Å². The van der Waals surface area contributed by atoms with Crippen LogP contribution in [0, 0.1) is 0 Å². The van der Waals surface area contributed by atoms with Crippen molar-refractivity contribution < 1.29 is 18.3 Å². The lowest BCUT2D eigenvalue weighted by atomic mass is 10.3. The third-order valence-corrected chi connectivity index (χ3v) is 4.50. The molecule has 7 nitrogen and oxygen atoms in total. The van der Waals surface area contributed by atoms with E-state index in [-0.39, 0.29) is 12.3 Å². The zero-order valence-corrected chi connectivity index (χ0v) is 13.2. The molecule has 0 radical (unpaired) electrons. The average Bonchev–Trinajstić information content (AvgIpc) is 2.92. The molecule has 9 heteroatoms. The zero-order valence-electron chi connectivity index (χ0n) is 11.6. The van der Waals surface area contributed by atoms with Crippen molar-refractivity contribution in [3.63, 3.8) is 0 Å². The molecular formula is C12H15N3O4S2. The molecule has 0 bridgehead atoms. The van der Waals surface area contributed by atoms with Crippen LogP contribution in [0.1, 0.15) is 5.69 Å². The number of rotatable bonds is 6. The van der Waals surface area contributed by atoms with E-state index in [1.54, 1.807) is 22.5 Å². The second kappa shape index (κ2) is 5.86. The predicted molar refractivity (Wildman–Crippen MR) is 82.7 cm³/mol. The van der Waals surface area contributed by atoms with Gasteiger partial charge in [-0.25, -0.2) is 18.2 Å².